The lowest BCUT2D eigenvalue weighted by atomic mass is 10.0. The summed E-state index contributed by atoms with van der Waals surface area (Å²) in [6, 6.07) is 2.07. The Bertz CT molecular complexity index is 817. The molecule has 2 aromatic heterocycles. The van der Waals surface area contributed by atoms with Crippen LogP contribution in [0.2, 0.25) is 0 Å². The van der Waals surface area contributed by atoms with Gasteiger partial charge in [-0.2, -0.15) is 0 Å². The van der Waals surface area contributed by atoms with Crippen molar-refractivity contribution < 1.29 is 4.79 Å². The fourth-order valence-corrected chi connectivity index (χ4v) is 4.08. The van der Waals surface area contributed by atoms with E-state index in [1.807, 2.05) is 6.07 Å². The van der Waals surface area contributed by atoms with Gasteiger partial charge in [0.15, 0.2) is 11.6 Å². The zero-order chi connectivity index (χ0) is 18.1. The molecule has 26 heavy (non-hydrogen) atoms. The number of carbonyl (C=O) groups excluding carboxylic acids is 1. The summed E-state index contributed by atoms with van der Waals surface area (Å²) in [7, 11) is 0. The first-order valence-electron chi connectivity index (χ1n) is 9.32. The van der Waals surface area contributed by atoms with Crippen LogP contribution in [0.4, 0.5) is 11.5 Å². The summed E-state index contributed by atoms with van der Waals surface area (Å²) in [6.07, 6.45) is 10.6. The van der Waals surface area contributed by atoms with Gasteiger partial charge in [0.25, 0.3) is 0 Å². The van der Waals surface area contributed by atoms with Crippen molar-refractivity contribution >= 4 is 17.4 Å². The van der Waals surface area contributed by atoms with Crippen molar-refractivity contribution in [2.24, 2.45) is 5.73 Å². The Morgan fingerprint density at radius 1 is 1.31 bits per heavy atom. The van der Waals surface area contributed by atoms with Crippen LogP contribution in [0.15, 0.2) is 24.7 Å². The molecular formula is C19H24N6O. The molecule has 136 valence electrons. The molecule has 0 saturated heterocycles. The molecule has 0 bridgehead atoms. The molecule has 2 aliphatic rings. The predicted molar refractivity (Wildman–Crippen MR) is 101 cm³/mol. The van der Waals surface area contributed by atoms with Crippen molar-refractivity contribution in [3.63, 3.8) is 0 Å². The van der Waals surface area contributed by atoms with Gasteiger partial charge in [-0.15, -0.1) is 0 Å². The van der Waals surface area contributed by atoms with Gasteiger partial charge in [0.05, 0.1) is 6.20 Å². The van der Waals surface area contributed by atoms with E-state index in [1.54, 1.807) is 18.6 Å². The van der Waals surface area contributed by atoms with Crippen LogP contribution in [0.25, 0.3) is 11.4 Å². The summed E-state index contributed by atoms with van der Waals surface area (Å²) < 4.78 is 0. The van der Waals surface area contributed by atoms with E-state index < -0.39 is 0 Å². The third-order valence-electron chi connectivity index (χ3n) is 5.38. The standard InChI is InChI=1S/C19H24N6O/c1-2-16-19(26)23-15-11-22-17(14-7-8-21-10-12(14)9-20)24-18(15)25(16)13-5-3-4-6-13/h7-8,10-11,13,16H,2-6,9,20H2,1H3,(H,23,26)/t16-/m1/s1. The van der Waals surface area contributed by atoms with Crippen molar-refractivity contribution in [2.75, 3.05) is 10.2 Å². The van der Waals surface area contributed by atoms with Crippen LogP contribution in [0.1, 0.15) is 44.6 Å². The van der Waals surface area contributed by atoms with E-state index in [2.05, 4.69) is 27.1 Å². The molecule has 0 unspecified atom stereocenters. The van der Waals surface area contributed by atoms with Gasteiger partial charge in [-0.25, -0.2) is 9.97 Å². The second-order valence-corrected chi connectivity index (χ2v) is 6.93. The maximum Gasteiger partial charge on any atom is 0.247 e. The van der Waals surface area contributed by atoms with E-state index in [9.17, 15) is 4.79 Å². The summed E-state index contributed by atoms with van der Waals surface area (Å²) in [5.74, 6) is 1.49. The first-order chi connectivity index (χ1) is 12.7. The molecule has 3 N–H and O–H groups in total. The Kier molecular flexibility index (Phi) is 4.55. The Balaban J connectivity index is 1.82. The summed E-state index contributed by atoms with van der Waals surface area (Å²) in [6.45, 7) is 2.43. The van der Waals surface area contributed by atoms with Gasteiger partial charge in [0.1, 0.15) is 11.7 Å². The number of fused-ring (bicyclic) bond motifs is 1. The number of anilines is 2. The maximum atomic E-state index is 12.6. The van der Waals surface area contributed by atoms with E-state index in [4.69, 9.17) is 10.7 Å². The van der Waals surface area contributed by atoms with Gasteiger partial charge in [-0.1, -0.05) is 19.8 Å². The average molecular weight is 352 g/mol. The summed E-state index contributed by atoms with van der Waals surface area (Å²) in [5, 5.41) is 2.98. The van der Waals surface area contributed by atoms with Crippen LogP contribution < -0.4 is 16.0 Å². The molecule has 4 rings (SSSR count). The SMILES string of the molecule is CC[C@@H]1C(=O)Nc2cnc(-c3ccncc3CN)nc2N1C1CCCC1. The smallest absolute Gasteiger partial charge is 0.247 e. The number of nitrogens with one attached hydrogen (secondary N) is 1. The van der Waals surface area contributed by atoms with Crippen molar-refractivity contribution in [3.8, 4) is 11.4 Å². The second kappa shape index (κ2) is 6.99. The number of nitrogens with zero attached hydrogens (tertiary/aromatic N) is 4. The van der Waals surface area contributed by atoms with Crippen LogP contribution in [-0.4, -0.2) is 32.9 Å². The van der Waals surface area contributed by atoms with Crippen LogP contribution in [0, 0.1) is 0 Å². The highest BCUT2D eigenvalue weighted by molar-refractivity contribution is 6.02. The maximum absolute atomic E-state index is 12.6. The number of hydrogen-bond donors (Lipinski definition) is 2. The third-order valence-corrected chi connectivity index (χ3v) is 5.38. The quantitative estimate of drug-likeness (QED) is 0.877. The fraction of sp³-hybridized carbons (Fsp3) is 0.474. The molecule has 7 heteroatoms. The first-order valence-corrected chi connectivity index (χ1v) is 9.32. The van der Waals surface area contributed by atoms with Crippen LogP contribution >= 0.6 is 0 Å². The molecule has 2 aromatic rings. The van der Waals surface area contributed by atoms with Crippen molar-refractivity contribution in [3.05, 3.63) is 30.2 Å². The fourth-order valence-electron chi connectivity index (χ4n) is 4.08. The molecular weight excluding hydrogens is 328 g/mol. The molecule has 3 heterocycles. The zero-order valence-electron chi connectivity index (χ0n) is 15.0. The number of carbonyl (C=O) groups is 1. The van der Waals surface area contributed by atoms with E-state index in [0.29, 0.717) is 24.1 Å². The van der Waals surface area contributed by atoms with Crippen LogP contribution in [0.3, 0.4) is 0 Å². The summed E-state index contributed by atoms with van der Waals surface area (Å²) in [5.41, 5.74) is 8.34. The lowest BCUT2D eigenvalue weighted by Gasteiger charge is -2.40. The van der Waals surface area contributed by atoms with Gasteiger partial charge < -0.3 is 16.0 Å². The van der Waals surface area contributed by atoms with Crippen molar-refractivity contribution in [1.29, 1.82) is 0 Å². The molecule has 1 fully saturated rings. The number of hydrogen-bond acceptors (Lipinski definition) is 6. The summed E-state index contributed by atoms with van der Waals surface area (Å²) >= 11 is 0. The van der Waals surface area contributed by atoms with Gasteiger partial charge in [0, 0.05) is 30.5 Å². The largest absolute Gasteiger partial charge is 0.340 e. The van der Waals surface area contributed by atoms with Gasteiger partial charge in [-0.05, 0) is 30.9 Å². The van der Waals surface area contributed by atoms with Crippen LogP contribution in [0.5, 0.6) is 0 Å². The minimum atomic E-state index is -0.181. The minimum absolute atomic E-state index is 0.0369. The van der Waals surface area contributed by atoms with Crippen LogP contribution in [-0.2, 0) is 11.3 Å². The topological polar surface area (TPSA) is 97.0 Å². The highest BCUT2D eigenvalue weighted by atomic mass is 16.2. The predicted octanol–water partition coefficient (Wildman–Crippen LogP) is 2.48. The molecule has 0 radical (unpaired) electrons. The number of rotatable bonds is 4. The molecule has 1 saturated carbocycles. The molecule has 1 aliphatic heterocycles. The number of nitrogens with two attached hydrogens (primary N) is 1. The zero-order valence-corrected chi connectivity index (χ0v) is 15.0. The molecule has 0 spiro atoms. The number of aromatic nitrogens is 3. The van der Waals surface area contributed by atoms with Crippen molar-refractivity contribution in [2.45, 2.75) is 57.7 Å². The highest BCUT2D eigenvalue weighted by Gasteiger charge is 2.38. The van der Waals surface area contributed by atoms with Gasteiger partial charge in [0.2, 0.25) is 5.91 Å². The Labute approximate surface area is 153 Å². The monoisotopic (exact) mass is 352 g/mol. The Morgan fingerprint density at radius 2 is 2.12 bits per heavy atom. The molecule has 7 nitrogen and oxygen atoms in total. The first kappa shape index (κ1) is 16.9. The normalized spacial score (nSPS) is 20.2. The minimum Gasteiger partial charge on any atom is -0.340 e. The number of amides is 1. The van der Waals surface area contributed by atoms with Gasteiger partial charge in [-0.3, -0.25) is 9.78 Å². The average Bonchev–Trinajstić information content (AvgIpc) is 3.21. The molecule has 0 aromatic carbocycles. The lowest BCUT2D eigenvalue weighted by Crippen LogP contribution is -2.52. The number of pyridine rings is 1. The highest BCUT2D eigenvalue weighted by Crippen LogP contribution is 2.38. The van der Waals surface area contributed by atoms with E-state index in [-0.39, 0.29) is 11.9 Å². The summed E-state index contributed by atoms with van der Waals surface area (Å²) in [4.78, 5) is 28.3. The third kappa shape index (κ3) is 2.82. The van der Waals surface area contributed by atoms with Crippen molar-refractivity contribution in [1.82, 2.24) is 15.0 Å². The second-order valence-electron chi connectivity index (χ2n) is 6.93. The Hall–Kier alpha value is -2.54. The lowest BCUT2D eigenvalue weighted by molar-refractivity contribution is -0.117. The van der Waals surface area contributed by atoms with E-state index in [1.165, 1.54) is 12.8 Å². The van der Waals surface area contributed by atoms with E-state index in [0.717, 1.165) is 36.2 Å². The molecule has 1 aliphatic carbocycles. The Morgan fingerprint density at radius 3 is 2.85 bits per heavy atom. The molecule has 1 amide bonds. The van der Waals surface area contributed by atoms with Gasteiger partial charge >= 0.3 is 0 Å². The van der Waals surface area contributed by atoms with E-state index >= 15 is 0 Å². The molecule has 1 atom stereocenters.